The van der Waals surface area contributed by atoms with Gasteiger partial charge >= 0.3 is 0 Å². The van der Waals surface area contributed by atoms with Gasteiger partial charge in [-0.05, 0) is 24.3 Å². The van der Waals surface area contributed by atoms with E-state index in [4.69, 9.17) is 4.74 Å². The van der Waals surface area contributed by atoms with E-state index in [9.17, 15) is 14.9 Å². The van der Waals surface area contributed by atoms with Gasteiger partial charge in [0.05, 0.1) is 38.2 Å². The Morgan fingerprint density at radius 1 is 1.20 bits per heavy atom. The average Bonchev–Trinajstić information content (AvgIpc) is 2.61. The van der Waals surface area contributed by atoms with Gasteiger partial charge in [-0.2, -0.15) is 0 Å². The number of non-ortho nitro benzene ring substituents is 1. The molecule has 7 heteroatoms. The number of carbonyl (C=O) groups excluding carboxylic acids is 1. The summed E-state index contributed by atoms with van der Waals surface area (Å²) in [6.07, 6.45) is 0. The summed E-state index contributed by atoms with van der Waals surface area (Å²) in [6.45, 7) is 0.415. The molecule has 0 saturated heterocycles. The van der Waals surface area contributed by atoms with Crippen molar-refractivity contribution in [2.24, 2.45) is 0 Å². The van der Waals surface area contributed by atoms with E-state index >= 15 is 0 Å². The van der Waals surface area contributed by atoms with Crippen molar-refractivity contribution in [2.45, 2.75) is 6.04 Å². The van der Waals surface area contributed by atoms with Crippen LogP contribution in [-0.2, 0) is 0 Å². The van der Waals surface area contributed by atoms with Crippen LogP contribution in [-0.4, -0.2) is 38.6 Å². The minimum absolute atomic E-state index is 0.0122. The topological polar surface area (TPSA) is 85.9 Å². The first-order valence-corrected chi connectivity index (χ1v) is 7.89. The second-order valence-corrected chi connectivity index (χ2v) is 5.89. The number of para-hydroxylation sites is 1. The molecule has 0 aliphatic rings. The van der Waals surface area contributed by atoms with Crippen LogP contribution >= 0.6 is 0 Å². The summed E-state index contributed by atoms with van der Waals surface area (Å²) in [6, 6.07) is 13.3. The third kappa shape index (κ3) is 4.54. The van der Waals surface area contributed by atoms with Crippen molar-refractivity contribution < 1.29 is 19.4 Å². The fourth-order valence-electron chi connectivity index (χ4n) is 2.61. The summed E-state index contributed by atoms with van der Waals surface area (Å²) in [4.78, 5) is 23.7. The van der Waals surface area contributed by atoms with Crippen LogP contribution in [0.4, 0.5) is 5.69 Å². The van der Waals surface area contributed by atoms with Crippen molar-refractivity contribution in [3.63, 3.8) is 0 Å². The van der Waals surface area contributed by atoms with E-state index in [1.807, 2.05) is 38.4 Å². The number of methoxy groups -OCH3 is 1. The van der Waals surface area contributed by atoms with Gasteiger partial charge < -0.3 is 15.0 Å². The van der Waals surface area contributed by atoms with Gasteiger partial charge in [-0.1, -0.05) is 12.1 Å². The molecule has 2 N–H and O–H groups in total. The number of hydrogen-bond acceptors (Lipinski definition) is 4. The normalized spacial score (nSPS) is 11.8. The van der Waals surface area contributed by atoms with E-state index < -0.39 is 4.92 Å². The molecular formula is C18H22N3O4+. The van der Waals surface area contributed by atoms with Crippen molar-refractivity contribution in [1.29, 1.82) is 0 Å². The summed E-state index contributed by atoms with van der Waals surface area (Å²) in [5, 5.41) is 13.6. The molecule has 0 fully saturated rings. The van der Waals surface area contributed by atoms with Crippen LogP contribution in [0.2, 0.25) is 0 Å². The molecule has 1 amide bonds. The monoisotopic (exact) mass is 344 g/mol. The lowest BCUT2D eigenvalue weighted by Gasteiger charge is -2.23. The highest BCUT2D eigenvalue weighted by atomic mass is 16.6. The summed E-state index contributed by atoms with van der Waals surface area (Å²) in [5.74, 6) is 0.509. The number of hydrogen-bond donors (Lipinski definition) is 2. The summed E-state index contributed by atoms with van der Waals surface area (Å²) >= 11 is 0. The van der Waals surface area contributed by atoms with Crippen LogP contribution in [0.15, 0.2) is 48.5 Å². The number of amides is 1. The Bertz CT molecular complexity index is 744. The maximum Gasteiger partial charge on any atom is 0.269 e. The van der Waals surface area contributed by atoms with E-state index in [0.717, 1.165) is 16.2 Å². The zero-order valence-electron chi connectivity index (χ0n) is 14.5. The molecule has 132 valence electrons. The highest BCUT2D eigenvalue weighted by molar-refractivity contribution is 5.94. The lowest BCUT2D eigenvalue weighted by atomic mass is 10.0. The minimum atomic E-state index is -0.491. The summed E-state index contributed by atoms with van der Waals surface area (Å²) in [7, 11) is 5.64. The van der Waals surface area contributed by atoms with Gasteiger partial charge in [-0.3, -0.25) is 14.9 Å². The molecule has 2 aromatic rings. The number of benzene rings is 2. The van der Waals surface area contributed by atoms with Crippen LogP contribution in [0.1, 0.15) is 22.0 Å². The molecule has 0 aliphatic carbocycles. The molecule has 0 aromatic heterocycles. The molecule has 0 bridgehead atoms. The van der Waals surface area contributed by atoms with Crippen molar-refractivity contribution in [3.8, 4) is 5.75 Å². The highest BCUT2D eigenvalue weighted by Crippen LogP contribution is 2.22. The Morgan fingerprint density at radius 3 is 2.40 bits per heavy atom. The smallest absolute Gasteiger partial charge is 0.269 e. The van der Waals surface area contributed by atoms with E-state index in [2.05, 4.69) is 5.32 Å². The maximum atomic E-state index is 12.3. The Balaban J connectivity index is 2.10. The SMILES string of the molecule is COc1ccccc1[C@@H](CNC(=O)c1ccc([N+](=O)[O-])cc1)[NH+](C)C. The van der Waals surface area contributed by atoms with Crippen molar-refractivity contribution in [3.05, 3.63) is 69.8 Å². The third-order valence-corrected chi connectivity index (χ3v) is 4.02. The molecule has 0 aliphatic heterocycles. The lowest BCUT2D eigenvalue weighted by molar-refractivity contribution is -0.890. The van der Waals surface area contributed by atoms with Gasteiger partial charge in [-0.25, -0.2) is 0 Å². The molecular weight excluding hydrogens is 322 g/mol. The Hall–Kier alpha value is -2.93. The van der Waals surface area contributed by atoms with Gasteiger partial charge in [0.1, 0.15) is 11.8 Å². The molecule has 2 aromatic carbocycles. The number of likely N-dealkylation sites (N-methyl/N-ethyl adjacent to an activating group) is 1. The molecule has 0 heterocycles. The molecule has 7 nitrogen and oxygen atoms in total. The van der Waals surface area contributed by atoms with Crippen LogP contribution in [0.5, 0.6) is 5.75 Å². The van der Waals surface area contributed by atoms with Crippen molar-refractivity contribution in [1.82, 2.24) is 5.32 Å². The fourth-order valence-corrected chi connectivity index (χ4v) is 2.61. The first-order chi connectivity index (χ1) is 11.9. The largest absolute Gasteiger partial charge is 0.496 e. The molecule has 0 saturated carbocycles. The Kier molecular flexibility index (Phi) is 6.08. The maximum absolute atomic E-state index is 12.3. The molecule has 0 radical (unpaired) electrons. The van der Waals surface area contributed by atoms with Gasteiger partial charge in [0.2, 0.25) is 0 Å². The second kappa shape index (κ2) is 8.25. The highest BCUT2D eigenvalue weighted by Gasteiger charge is 2.22. The molecule has 1 atom stereocenters. The van der Waals surface area contributed by atoms with Gasteiger partial charge in [0.15, 0.2) is 0 Å². The molecule has 25 heavy (non-hydrogen) atoms. The van der Waals surface area contributed by atoms with Gasteiger partial charge in [0, 0.05) is 17.7 Å². The Morgan fingerprint density at radius 2 is 1.84 bits per heavy atom. The molecule has 2 rings (SSSR count). The van der Waals surface area contributed by atoms with Gasteiger partial charge in [-0.15, -0.1) is 0 Å². The molecule has 0 spiro atoms. The number of nitro groups is 1. The van der Waals surface area contributed by atoms with Crippen LogP contribution in [0.25, 0.3) is 0 Å². The van der Waals surface area contributed by atoms with Gasteiger partial charge in [0.25, 0.3) is 11.6 Å². The first-order valence-electron chi connectivity index (χ1n) is 7.89. The predicted molar refractivity (Wildman–Crippen MR) is 94.0 cm³/mol. The van der Waals surface area contributed by atoms with E-state index in [0.29, 0.717) is 12.1 Å². The number of rotatable bonds is 7. The zero-order chi connectivity index (χ0) is 18.4. The van der Waals surface area contributed by atoms with Crippen LogP contribution < -0.4 is 15.0 Å². The number of quaternary nitrogens is 1. The van der Waals surface area contributed by atoms with Crippen LogP contribution in [0.3, 0.4) is 0 Å². The fraction of sp³-hybridized carbons (Fsp3) is 0.278. The number of nitrogens with zero attached hydrogens (tertiary/aromatic N) is 1. The van der Waals surface area contributed by atoms with Crippen LogP contribution in [0, 0.1) is 10.1 Å². The van der Waals surface area contributed by atoms with E-state index in [-0.39, 0.29) is 17.6 Å². The van der Waals surface area contributed by atoms with Crippen molar-refractivity contribution >= 4 is 11.6 Å². The lowest BCUT2D eigenvalue weighted by Crippen LogP contribution is -3.07. The molecule has 0 unspecified atom stereocenters. The number of nitro benzene ring substituents is 1. The quantitative estimate of drug-likeness (QED) is 0.584. The second-order valence-electron chi connectivity index (χ2n) is 5.89. The average molecular weight is 344 g/mol. The van der Waals surface area contributed by atoms with E-state index in [1.54, 1.807) is 7.11 Å². The standard InChI is InChI=1S/C18H21N3O4/c1-20(2)16(15-6-4-5-7-17(15)25-3)12-19-18(22)13-8-10-14(11-9-13)21(23)24/h4-11,16H,12H2,1-3H3,(H,19,22)/p+1/t16-/m1/s1. The first kappa shape index (κ1) is 18.4. The third-order valence-electron chi connectivity index (χ3n) is 4.02. The minimum Gasteiger partial charge on any atom is -0.496 e. The van der Waals surface area contributed by atoms with Crippen molar-refractivity contribution in [2.75, 3.05) is 27.7 Å². The summed E-state index contributed by atoms with van der Waals surface area (Å²) < 4.78 is 5.41. The number of carbonyl (C=O) groups is 1. The predicted octanol–water partition coefficient (Wildman–Crippen LogP) is 1.22. The zero-order valence-corrected chi connectivity index (χ0v) is 14.5. The number of nitrogens with one attached hydrogen (secondary N) is 2. The van der Waals surface area contributed by atoms with E-state index in [1.165, 1.54) is 24.3 Å². The summed E-state index contributed by atoms with van der Waals surface area (Å²) in [5.41, 5.74) is 1.35. The number of ether oxygens (including phenoxy) is 1. The Labute approximate surface area is 146 Å².